The maximum atomic E-state index is 12.4. The summed E-state index contributed by atoms with van der Waals surface area (Å²) in [5.41, 5.74) is 17.9. The molecule has 0 radical (unpaired) electrons. The summed E-state index contributed by atoms with van der Waals surface area (Å²) in [6.07, 6.45) is -3.21. The van der Waals surface area contributed by atoms with Crippen LogP contribution in [0.15, 0.2) is 40.6 Å². The topological polar surface area (TPSA) is 159 Å². The van der Waals surface area contributed by atoms with Crippen LogP contribution < -0.4 is 0 Å². The number of ether oxygens (including phenoxy) is 3. The summed E-state index contributed by atoms with van der Waals surface area (Å²) in [5.74, 6) is -1.38. The van der Waals surface area contributed by atoms with Gasteiger partial charge < -0.3 is 14.2 Å². The lowest BCUT2D eigenvalue weighted by atomic mass is 9.96. The number of rotatable bonds is 5. The number of benzene rings is 1. The monoisotopic (exact) mass is 360 g/mol. The Morgan fingerprint density at radius 1 is 1.08 bits per heavy atom. The molecule has 11 nitrogen and oxygen atoms in total. The predicted molar refractivity (Wildman–Crippen MR) is 87.6 cm³/mol. The Hall–Kier alpha value is -3.26. The first kappa shape index (κ1) is 19.1. The number of carbonyl (C=O) groups is 2. The van der Waals surface area contributed by atoms with E-state index < -0.39 is 42.5 Å². The zero-order valence-corrected chi connectivity index (χ0v) is 14.0. The van der Waals surface area contributed by atoms with Crippen molar-refractivity contribution in [2.75, 3.05) is 0 Å². The quantitative estimate of drug-likeness (QED) is 0.341. The van der Waals surface area contributed by atoms with Crippen molar-refractivity contribution in [1.82, 2.24) is 0 Å². The molecule has 0 aromatic heterocycles. The van der Waals surface area contributed by atoms with Crippen LogP contribution in [0.1, 0.15) is 24.2 Å². The molecule has 136 valence electrons. The summed E-state index contributed by atoms with van der Waals surface area (Å²) < 4.78 is 15.9. The van der Waals surface area contributed by atoms with Crippen LogP contribution in [0.5, 0.6) is 0 Å². The summed E-state index contributed by atoms with van der Waals surface area (Å²) in [4.78, 5) is 29.1. The van der Waals surface area contributed by atoms with Crippen molar-refractivity contribution in [2.24, 2.45) is 10.2 Å². The van der Waals surface area contributed by atoms with E-state index in [1.54, 1.807) is 37.3 Å². The fourth-order valence-electron chi connectivity index (χ4n) is 2.56. The molecule has 0 aliphatic carbocycles. The van der Waals surface area contributed by atoms with Crippen molar-refractivity contribution in [3.8, 4) is 0 Å². The highest BCUT2D eigenvalue weighted by atomic mass is 16.7. The normalized spacial score (nSPS) is 27.4. The second kappa shape index (κ2) is 8.72. The van der Waals surface area contributed by atoms with Crippen LogP contribution >= 0.6 is 0 Å². The van der Waals surface area contributed by atoms with Crippen molar-refractivity contribution >= 4 is 11.9 Å². The highest BCUT2D eigenvalue weighted by Gasteiger charge is 2.47. The third-order valence-electron chi connectivity index (χ3n) is 3.69. The minimum atomic E-state index is -1.28. The summed E-state index contributed by atoms with van der Waals surface area (Å²) in [5, 5.41) is 7.12. The van der Waals surface area contributed by atoms with Crippen molar-refractivity contribution in [2.45, 2.75) is 44.4 Å². The highest BCUT2D eigenvalue weighted by molar-refractivity contribution is 5.89. The SMILES string of the molecule is CC(=O)O[C@H]1O[C@@H](C)[C@H](N=[N+]=[N-])[C@@H](OC(=O)c2ccccc2)[C@H]1N=[N+]=[N-]. The zero-order valence-electron chi connectivity index (χ0n) is 14.0. The summed E-state index contributed by atoms with van der Waals surface area (Å²) >= 11 is 0. The Bertz CT molecular complexity index is 759. The van der Waals surface area contributed by atoms with E-state index in [4.69, 9.17) is 25.3 Å². The molecule has 0 N–H and O–H groups in total. The molecule has 1 aliphatic heterocycles. The van der Waals surface area contributed by atoms with E-state index in [-0.39, 0.29) is 5.56 Å². The molecular formula is C15H16N6O5. The first-order valence-corrected chi connectivity index (χ1v) is 7.65. The van der Waals surface area contributed by atoms with Gasteiger partial charge in [0.25, 0.3) is 0 Å². The Kier molecular flexibility index (Phi) is 6.40. The number of azide groups is 2. The van der Waals surface area contributed by atoms with Crippen LogP contribution in [0.3, 0.4) is 0 Å². The zero-order chi connectivity index (χ0) is 19.1. The van der Waals surface area contributed by atoms with Crippen molar-refractivity contribution < 1.29 is 23.8 Å². The van der Waals surface area contributed by atoms with Gasteiger partial charge in [-0.1, -0.05) is 28.4 Å². The van der Waals surface area contributed by atoms with E-state index in [9.17, 15) is 9.59 Å². The number of carbonyl (C=O) groups excluding carboxylic acids is 2. The molecule has 1 aromatic carbocycles. The molecule has 26 heavy (non-hydrogen) atoms. The number of esters is 2. The van der Waals surface area contributed by atoms with Gasteiger partial charge in [-0.25, -0.2) is 4.79 Å². The molecule has 1 aromatic rings. The van der Waals surface area contributed by atoms with E-state index in [1.165, 1.54) is 0 Å². The van der Waals surface area contributed by atoms with Crippen LogP contribution in [0, 0.1) is 0 Å². The Morgan fingerprint density at radius 2 is 1.69 bits per heavy atom. The van der Waals surface area contributed by atoms with Crippen molar-refractivity contribution in [1.29, 1.82) is 0 Å². The molecule has 2 rings (SSSR count). The first-order chi connectivity index (χ1) is 12.5. The molecule has 11 heteroatoms. The van der Waals surface area contributed by atoms with E-state index in [0.717, 1.165) is 6.92 Å². The maximum absolute atomic E-state index is 12.4. The van der Waals surface area contributed by atoms with E-state index >= 15 is 0 Å². The van der Waals surface area contributed by atoms with Gasteiger partial charge in [-0.15, -0.1) is 0 Å². The van der Waals surface area contributed by atoms with Crippen LogP contribution in [-0.4, -0.2) is 42.5 Å². The van der Waals surface area contributed by atoms with Crippen LogP contribution in [0.25, 0.3) is 20.9 Å². The molecular weight excluding hydrogens is 344 g/mol. The molecule has 5 atom stereocenters. The number of nitrogens with zero attached hydrogens (tertiary/aromatic N) is 6. The van der Waals surface area contributed by atoms with Gasteiger partial charge in [0.15, 0.2) is 0 Å². The summed E-state index contributed by atoms with van der Waals surface area (Å²) in [6.45, 7) is 2.72. The summed E-state index contributed by atoms with van der Waals surface area (Å²) in [6, 6.07) is 5.93. The van der Waals surface area contributed by atoms with Gasteiger partial charge in [0, 0.05) is 16.7 Å². The molecule has 1 aliphatic rings. The van der Waals surface area contributed by atoms with Crippen LogP contribution in [0.4, 0.5) is 0 Å². The number of hydrogen-bond acceptors (Lipinski definition) is 7. The van der Waals surface area contributed by atoms with Gasteiger partial charge in [0.1, 0.15) is 18.2 Å². The molecule has 0 bridgehead atoms. The highest BCUT2D eigenvalue weighted by Crippen LogP contribution is 2.29. The van der Waals surface area contributed by atoms with Gasteiger partial charge in [-0.05, 0) is 30.1 Å². The molecule has 0 amide bonds. The van der Waals surface area contributed by atoms with Gasteiger partial charge in [-0.3, -0.25) is 4.79 Å². The van der Waals surface area contributed by atoms with Gasteiger partial charge in [-0.2, -0.15) is 0 Å². The van der Waals surface area contributed by atoms with E-state index in [1.807, 2.05) is 0 Å². The smallest absolute Gasteiger partial charge is 0.338 e. The van der Waals surface area contributed by atoms with Crippen molar-refractivity contribution in [3.05, 3.63) is 56.8 Å². The largest absolute Gasteiger partial charge is 0.458 e. The average Bonchev–Trinajstić information content (AvgIpc) is 2.61. The molecule has 0 unspecified atom stereocenters. The van der Waals surface area contributed by atoms with Gasteiger partial charge in [0.05, 0.1) is 11.7 Å². The Balaban J connectivity index is 2.37. The standard InChI is InChI=1S/C15H16N6O5/c1-8-11(18-20-16)13(26-14(23)10-6-4-3-5-7-10)12(19-21-17)15(24-8)25-9(2)22/h3-8,11-13,15H,1-2H3/t8-,11-,12+,13+,15+/m0/s1. The Morgan fingerprint density at radius 3 is 2.27 bits per heavy atom. The van der Waals surface area contributed by atoms with Gasteiger partial charge in [0.2, 0.25) is 6.29 Å². The number of hydrogen-bond donors (Lipinski definition) is 0. The molecule has 1 fully saturated rings. The van der Waals surface area contributed by atoms with Gasteiger partial charge >= 0.3 is 11.9 Å². The first-order valence-electron chi connectivity index (χ1n) is 7.65. The Labute approximate surface area is 148 Å². The van der Waals surface area contributed by atoms with Crippen LogP contribution in [-0.2, 0) is 19.0 Å². The van der Waals surface area contributed by atoms with Crippen molar-refractivity contribution in [3.63, 3.8) is 0 Å². The molecule has 0 saturated carbocycles. The molecule has 0 spiro atoms. The lowest BCUT2D eigenvalue weighted by molar-refractivity contribution is -0.223. The lowest BCUT2D eigenvalue weighted by Gasteiger charge is -2.41. The van der Waals surface area contributed by atoms with Crippen LogP contribution in [0.2, 0.25) is 0 Å². The fourth-order valence-corrected chi connectivity index (χ4v) is 2.56. The third-order valence-corrected chi connectivity index (χ3v) is 3.69. The minimum Gasteiger partial charge on any atom is -0.458 e. The second-order valence-corrected chi connectivity index (χ2v) is 5.45. The second-order valence-electron chi connectivity index (χ2n) is 5.45. The van der Waals surface area contributed by atoms with E-state index in [0.29, 0.717) is 0 Å². The van der Waals surface area contributed by atoms with E-state index in [2.05, 4.69) is 20.1 Å². The maximum Gasteiger partial charge on any atom is 0.338 e. The fraction of sp³-hybridized carbons (Fsp3) is 0.467. The summed E-state index contributed by atoms with van der Waals surface area (Å²) in [7, 11) is 0. The molecule has 1 heterocycles. The third kappa shape index (κ3) is 4.42. The minimum absolute atomic E-state index is 0.259. The predicted octanol–water partition coefficient (Wildman–Crippen LogP) is 2.88. The molecule has 1 saturated heterocycles. The average molecular weight is 360 g/mol. The lowest BCUT2D eigenvalue weighted by Crippen LogP contribution is -2.57.